The Hall–Kier alpha value is -2.67. The third-order valence-corrected chi connectivity index (χ3v) is 5.19. The molecule has 5 nitrogen and oxygen atoms in total. The first-order valence-electron chi connectivity index (χ1n) is 9.01. The molecule has 2 aromatic carbocycles. The van der Waals surface area contributed by atoms with Gasteiger partial charge in [-0.25, -0.2) is 0 Å². The molecule has 0 aliphatic carbocycles. The summed E-state index contributed by atoms with van der Waals surface area (Å²) in [6.07, 6.45) is 0. The summed E-state index contributed by atoms with van der Waals surface area (Å²) in [4.78, 5) is 15.0. The first kappa shape index (κ1) is 17.7. The number of carbonyl (C=O) groups is 1. The molecule has 2 aliphatic heterocycles. The Morgan fingerprint density at radius 3 is 2.41 bits per heavy atom. The number of amides is 1. The number of hydrogen-bond donors (Lipinski definition) is 2. The van der Waals surface area contributed by atoms with Gasteiger partial charge in [-0.15, -0.1) is 0 Å². The zero-order chi connectivity index (χ0) is 18.8. The minimum Gasteiger partial charge on any atom is -0.435 e. The quantitative estimate of drug-likeness (QED) is 0.844. The fourth-order valence-corrected chi connectivity index (χ4v) is 3.85. The highest BCUT2D eigenvalue weighted by molar-refractivity contribution is 6.00. The minimum atomic E-state index is -2.85. The van der Waals surface area contributed by atoms with Gasteiger partial charge in [0.05, 0.1) is 11.3 Å². The maximum Gasteiger partial charge on any atom is 0.387 e. The lowest BCUT2D eigenvalue weighted by molar-refractivity contribution is -0.0498. The van der Waals surface area contributed by atoms with Crippen molar-refractivity contribution in [1.82, 2.24) is 10.2 Å². The molecule has 0 unspecified atom stereocenters. The van der Waals surface area contributed by atoms with Crippen molar-refractivity contribution in [2.45, 2.75) is 6.61 Å². The number of fused-ring (bicyclic) bond motifs is 1. The van der Waals surface area contributed by atoms with Crippen molar-refractivity contribution < 1.29 is 18.3 Å². The Balaban J connectivity index is 1.49. The Labute approximate surface area is 156 Å². The van der Waals surface area contributed by atoms with Crippen LogP contribution in [0.3, 0.4) is 0 Å². The van der Waals surface area contributed by atoms with Crippen LogP contribution in [-0.4, -0.2) is 43.6 Å². The lowest BCUT2D eigenvalue weighted by atomic mass is 10.0. The van der Waals surface area contributed by atoms with Gasteiger partial charge < -0.3 is 20.3 Å². The number of anilines is 2. The summed E-state index contributed by atoms with van der Waals surface area (Å²) in [5.41, 5.74) is 2.00. The zero-order valence-electron chi connectivity index (χ0n) is 14.7. The van der Waals surface area contributed by atoms with Crippen molar-refractivity contribution in [2.24, 2.45) is 11.8 Å². The van der Waals surface area contributed by atoms with E-state index in [0.29, 0.717) is 28.8 Å². The lowest BCUT2D eigenvalue weighted by Crippen LogP contribution is -2.32. The van der Waals surface area contributed by atoms with E-state index in [9.17, 15) is 13.6 Å². The SMILES string of the molecule is O=C(c1ccccc1Nc1ccc(OC(F)F)cc1)N1C[C@H]2CNC[C@H]2C1. The normalized spacial score (nSPS) is 21.4. The van der Waals surface area contributed by atoms with E-state index in [-0.39, 0.29) is 11.7 Å². The van der Waals surface area contributed by atoms with Crippen LogP contribution in [0.5, 0.6) is 5.75 Å². The van der Waals surface area contributed by atoms with Gasteiger partial charge in [-0.05, 0) is 48.2 Å². The molecule has 2 saturated heterocycles. The number of hydrogen-bond acceptors (Lipinski definition) is 4. The second-order valence-corrected chi connectivity index (χ2v) is 6.96. The van der Waals surface area contributed by atoms with Crippen LogP contribution in [0, 0.1) is 11.8 Å². The number of rotatable bonds is 5. The largest absolute Gasteiger partial charge is 0.435 e. The van der Waals surface area contributed by atoms with E-state index in [0.717, 1.165) is 26.2 Å². The fourth-order valence-electron chi connectivity index (χ4n) is 3.85. The van der Waals surface area contributed by atoms with Crippen LogP contribution in [0.25, 0.3) is 0 Å². The first-order chi connectivity index (χ1) is 13.1. The summed E-state index contributed by atoms with van der Waals surface area (Å²) >= 11 is 0. The molecule has 0 saturated carbocycles. The van der Waals surface area contributed by atoms with Crippen molar-refractivity contribution in [3.8, 4) is 5.75 Å². The molecule has 27 heavy (non-hydrogen) atoms. The van der Waals surface area contributed by atoms with Gasteiger partial charge in [0.1, 0.15) is 5.75 Å². The smallest absolute Gasteiger partial charge is 0.387 e. The zero-order valence-corrected chi connectivity index (χ0v) is 14.7. The van der Waals surface area contributed by atoms with Gasteiger partial charge in [0.25, 0.3) is 5.91 Å². The molecule has 0 aromatic heterocycles. The Bertz CT molecular complexity index is 801. The van der Waals surface area contributed by atoms with Crippen LogP contribution in [0.1, 0.15) is 10.4 Å². The molecule has 2 aliphatic rings. The lowest BCUT2D eigenvalue weighted by Gasteiger charge is -2.20. The summed E-state index contributed by atoms with van der Waals surface area (Å²) in [7, 11) is 0. The Morgan fingerprint density at radius 1 is 1.07 bits per heavy atom. The predicted octanol–water partition coefficient (Wildman–Crippen LogP) is 3.32. The molecule has 2 heterocycles. The van der Waals surface area contributed by atoms with Crippen LogP contribution >= 0.6 is 0 Å². The number of benzene rings is 2. The van der Waals surface area contributed by atoms with Crippen molar-refractivity contribution in [1.29, 1.82) is 0 Å². The molecule has 0 bridgehead atoms. The minimum absolute atomic E-state index is 0.0187. The van der Waals surface area contributed by atoms with E-state index in [1.54, 1.807) is 12.1 Å². The van der Waals surface area contributed by atoms with E-state index < -0.39 is 6.61 Å². The summed E-state index contributed by atoms with van der Waals surface area (Å²) in [5.74, 6) is 1.19. The number of likely N-dealkylation sites (tertiary alicyclic amines) is 1. The van der Waals surface area contributed by atoms with Crippen molar-refractivity contribution in [2.75, 3.05) is 31.5 Å². The second-order valence-electron chi connectivity index (χ2n) is 6.96. The maximum atomic E-state index is 13.0. The number of halogens is 2. The molecule has 2 atom stereocenters. The summed E-state index contributed by atoms with van der Waals surface area (Å²) < 4.78 is 28.9. The van der Waals surface area contributed by atoms with Gasteiger partial charge in [0.2, 0.25) is 0 Å². The summed E-state index contributed by atoms with van der Waals surface area (Å²) in [6, 6.07) is 13.6. The molecular weight excluding hydrogens is 352 g/mol. The highest BCUT2D eigenvalue weighted by atomic mass is 19.3. The molecule has 2 fully saturated rings. The average Bonchev–Trinajstić information content (AvgIpc) is 3.25. The molecule has 7 heteroatoms. The van der Waals surface area contributed by atoms with Gasteiger partial charge in [-0.1, -0.05) is 12.1 Å². The van der Waals surface area contributed by atoms with Gasteiger partial charge in [0.15, 0.2) is 0 Å². The van der Waals surface area contributed by atoms with E-state index in [2.05, 4.69) is 15.4 Å². The van der Waals surface area contributed by atoms with Gasteiger partial charge in [-0.3, -0.25) is 4.79 Å². The highest BCUT2D eigenvalue weighted by Crippen LogP contribution is 2.30. The van der Waals surface area contributed by atoms with Gasteiger partial charge >= 0.3 is 6.61 Å². The molecule has 2 N–H and O–H groups in total. The topological polar surface area (TPSA) is 53.6 Å². The van der Waals surface area contributed by atoms with E-state index in [4.69, 9.17) is 0 Å². The second kappa shape index (κ2) is 7.52. The molecule has 0 radical (unpaired) electrons. The number of nitrogens with one attached hydrogen (secondary N) is 2. The standard InChI is InChI=1S/C20H21F2N3O2/c21-20(22)27-16-7-5-15(6-8-16)24-18-4-2-1-3-17(18)19(26)25-11-13-9-23-10-14(13)12-25/h1-8,13-14,20,23-24H,9-12H2/t13-,14+. The summed E-state index contributed by atoms with van der Waals surface area (Å²) in [5, 5.41) is 6.58. The van der Waals surface area contributed by atoms with Crippen molar-refractivity contribution in [3.63, 3.8) is 0 Å². The molecule has 4 rings (SSSR count). The van der Waals surface area contributed by atoms with E-state index in [1.165, 1.54) is 12.1 Å². The van der Waals surface area contributed by atoms with Gasteiger partial charge in [-0.2, -0.15) is 8.78 Å². The molecule has 0 spiro atoms. The summed E-state index contributed by atoms with van der Waals surface area (Å²) in [6.45, 7) is 0.662. The van der Waals surface area contributed by atoms with Crippen LogP contribution < -0.4 is 15.4 Å². The van der Waals surface area contributed by atoms with Crippen molar-refractivity contribution in [3.05, 3.63) is 54.1 Å². The Kier molecular flexibility index (Phi) is 4.94. The van der Waals surface area contributed by atoms with Crippen molar-refractivity contribution >= 4 is 17.3 Å². The van der Waals surface area contributed by atoms with E-state index in [1.807, 2.05) is 29.2 Å². The third kappa shape index (κ3) is 3.88. The monoisotopic (exact) mass is 373 g/mol. The highest BCUT2D eigenvalue weighted by Gasteiger charge is 2.38. The third-order valence-electron chi connectivity index (χ3n) is 5.19. The number of ether oxygens (including phenoxy) is 1. The van der Waals surface area contributed by atoms with E-state index >= 15 is 0 Å². The number of nitrogens with zero attached hydrogens (tertiary/aromatic N) is 1. The molecule has 1 amide bonds. The van der Waals surface area contributed by atoms with Crippen LogP contribution in [-0.2, 0) is 0 Å². The van der Waals surface area contributed by atoms with Crippen LogP contribution in [0.2, 0.25) is 0 Å². The maximum absolute atomic E-state index is 13.0. The molecule has 2 aromatic rings. The molecule has 142 valence electrons. The van der Waals surface area contributed by atoms with Gasteiger partial charge in [0, 0.05) is 31.9 Å². The predicted molar refractivity (Wildman–Crippen MR) is 98.6 cm³/mol. The first-order valence-corrected chi connectivity index (χ1v) is 9.01. The number of alkyl halides is 2. The number of carbonyl (C=O) groups excluding carboxylic acids is 1. The average molecular weight is 373 g/mol. The Morgan fingerprint density at radius 2 is 1.74 bits per heavy atom. The van der Waals surface area contributed by atoms with Crippen LogP contribution in [0.15, 0.2) is 48.5 Å². The fraction of sp³-hybridized carbons (Fsp3) is 0.350. The number of para-hydroxylation sites is 1. The molecular formula is C20H21F2N3O2. The van der Waals surface area contributed by atoms with Crippen LogP contribution in [0.4, 0.5) is 20.2 Å².